The molecule has 0 aliphatic heterocycles. The number of hydrogen-bond acceptors (Lipinski definition) is 2. The normalized spacial score (nSPS) is 11.6. The lowest BCUT2D eigenvalue weighted by atomic mass is 10.00. The monoisotopic (exact) mass is 287 g/mol. The summed E-state index contributed by atoms with van der Waals surface area (Å²) in [6.07, 6.45) is 1.82. The molecule has 0 unspecified atom stereocenters. The van der Waals surface area contributed by atoms with Gasteiger partial charge in [0.25, 0.3) is 0 Å². The average molecular weight is 287 g/mol. The van der Waals surface area contributed by atoms with Crippen molar-refractivity contribution in [1.82, 2.24) is 4.98 Å². The van der Waals surface area contributed by atoms with E-state index in [4.69, 9.17) is 4.42 Å². The minimum Gasteiger partial charge on any atom is -0.455 e. The van der Waals surface area contributed by atoms with Gasteiger partial charge in [0.15, 0.2) is 0 Å². The summed E-state index contributed by atoms with van der Waals surface area (Å²) in [7, 11) is 0. The fraction of sp³-hybridized carbons (Fsp3) is 0.150. The molecule has 0 N–H and O–H groups in total. The fourth-order valence-electron chi connectivity index (χ4n) is 3.02. The zero-order valence-electron chi connectivity index (χ0n) is 12.7. The van der Waals surface area contributed by atoms with Gasteiger partial charge in [-0.05, 0) is 29.7 Å². The molecule has 0 fully saturated rings. The molecule has 0 bridgehead atoms. The highest BCUT2D eigenvalue weighted by Crippen LogP contribution is 2.37. The number of furan rings is 1. The molecule has 4 rings (SSSR count). The molecule has 0 aliphatic carbocycles. The van der Waals surface area contributed by atoms with Crippen LogP contribution in [0.1, 0.15) is 25.3 Å². The first kappa shape index (κ1) is 13.1. The molecule has 0 spiro atoms. The van der Waals surface area contributed by atoms with Crippen LogP contribution in [0, 0.1) is 0 Å². The molecule has 2 heterocycles. The number of fused-ring (bicyclic) bond motifs is 3. The van der Waals surface area contributed by atoms with Gasteiger partial charge in [-0.15, -0.1) is 0 Å². The molecule has 0 saturated heterocycles. The summed E-state index contributed by atoms with van der Waals surface area (Å²) in [5.74, 6) is 0.433. The second-order valence-electron chi connectivity index (χ2n) is 5.88. The van der Waals surface area contributed by atoms with Crippen molar-refractivity contribution in [1.29, 1.82) is 0 Å². The minimum absolute atomic E-state index is 0.433. The molecule has 0 atom stereocenters. The molecule has 2 heteroatoms. The first-order chi connectivity index (χ1) is 10.8. The molecule has 0 radical (unpaired) electrons. The van der Waals surface area contributed by atoms with Crippen LogP contribution in [0.15, 0.2) is 65.2 Å². The number of benzene rings is 2. The maximum atomic E-state index is 6.29. The lowest BCUT2D eigenvalue weighted by Gasteiger charge is -2.04. The second-order valence-corrected chi connectivity index (χ2v) is 5.88. The largest absolute Gasteiger partial charge is 0.455 e. The summed E-state index contributed by atoms with van der Waals surface area (Å²) in [5.41, 5.74) is 5.16. The van der Waals surface area contributed by atoms with Crippen LogP contribution in [-0.2, 0) is 0 Å². The van der Waals surface area contributed by atoms with Gasteiger partial charge in [-0.3, -0.25) is 4.98 Å². The van der Waals surface area contributed by atoms with E-state index in [1.54, 1.807) is 0 Å². The van der Waals surface area contributed by atoms with Crippen molar-refractivity contribution >= 4 is 21.9 Å². The Bertz CT molecular complexity index is 951. The van der Waals surface area contributed by atoms with E-state index in [-0.39, 0.29) is 0 Å². The molecule has 2 nitrogen and oxygen atoms in total. The highest BCUT2D eigenvalue weighted by molar-refractivity contribution is 6.10. The van der Waals surface area contributed by atoms with Crippen LogP contribution in [0.2, 0.25) is 0 Å². The Hall–Kier alpha value is -2.61. The highest BCUT2D eigenvalue weighted by Gasteiger charge is 2.15. The Kier molecular flexibility index (Phi) is 2.97. The highest BCUT2D eigenvalue weighted by atomic mass is 16.3. The summed E-state index contributed by atoms with van der Waals surface area (Å²) in [6, 6.07) is 18.6. The van der Waals surface area contributed by atoms with E-state index >= 15 is 0 Å². The van der Waals surface area contributed by atoms with Crippen molar-refractivity contribution < 1.29 is 4.42 Å². The van der Waals surface area contributed by atoms with E-state index in [1.165, 1.54) is 10.9 Å². The van der Waals surface area contributed by atoms with Crippen molar-refractivity contribution in [3.8, 4) is 11.3 Å². The molecule has 0 aliphatic rings. The molecule has 2 aromatic heterocycles. The van der Waals surface area contributed by atoms with Crippen LogP contribution in [0.4, 0.5) is 0 Å². The third-order valence-corrected chi connectivity index (χ3v) is 4.12. The molecule has 4 aromatic rings. The second kappa shape index (κ2) is 4.99. The van der Waals surface area contributed by atoms with E-state index in [9.17, 15) is 0 Å². The fourth-order valence-corrected chi connectivity index (χ4v) is 3.02. The van der Waals surface area contributed by atoms with Crippen LogP contribution < -0.4 is 0 Å². The topological polar surface area (TPSA) is 26.0 Å². The van der Waals surface area contributed by atoms with E-state index in [0.29, 0.717) is 5.92 Å². The predicted molar refractivity (Wildman–Crippen MR) is 91.0 cm³/mol. The Labute approximate surface area is 129 Å². The molecule has 2 aromatic carbocycles. The maximum Gasteiger partial charge on any atom is 0.144 e. The lowest BCUT2D eigenvalue weighted by Crippen LogP contribution is -1.86. The van der Waals surface area contributed by atoms with Gasteiger partial charge < -0.3 is 4.42 Å². The van der Waals surface area contributed by atoms with Gasteiger partial charge >= 0.3 is 0 Å². The Morgan fingerprint density at radius 2 is 1.59 bits per heavy atom. The van der Waals surface area contributed by atoms with E-state index in [0.717, 1.165) is 27.8 Å². The smallest absolute Gasteiger partial charge is 0.144 e. The summed E-state index contributed by atoms with van der Waals surface area (Å²) in [6.45, 7) is 4.39. The maximum absolute atomic E-state index is 6.29. The van der Waals surface area contributed by atoms with E-state index in [1.807, 2.05) is 24.4 Å². The number of aromatic nitrogens is 1. The van der Waals surface area contributed by atoms with Crippen LogP contribution in [-0.4, -0.2) is 4.98 Å². The van der Waals surface area contributed by atoms with Gasteiger partial charge in [0.2, 0.25) is 0 Å². The predicted octanol–water partition coefficient (Wildman–Crippen LogP) is 5.77. The number of nitrogens with zero attached hydrogens (tertiary/aromatic N) is 1. The van der Waals surface area contributed by atoms with Crippen molar-refractivity contribution in [3.05, 3.63) is 66.4 Å². The molecule has 0 amide bonds. The van der Waals surface area contributed by atoms with Crippen molar-refractivity contribution in [2.24, 2.45) is 0 Å². The first-order valence-electron chi connectivity index (χ1n) is 7.61. The molecular formula is C20H17NO. The Balaban J connectivity index is 2.10. The number of para-hydroxylation sites is 2. The van der Waals surface area contributed by atoms with Gasteiger partial charge in [-0.25, -0.2) is 0 Å². The Morgan fingerprint density at radius 3 is 2.32 bits per heavy atom. The molecular weight excluding hydrogens is 270 g/mol. The molecule has 0 saturated carbocycles. The quantitative estimate of drug-likeness (QED) is 0.467. The average Bonchev–Trinajstić information content (AvgIpc) is 2.94. The summed E-state index contributed by atoms with van der Waals surface area (Å²) < 4.78 is 6.29. The summed E-state index contributed by atoms with van der Waals surface area (Å²) in [5, 5.41) is 2.33. The number of pyridine rings is 1. The van der Waals surface area contributed by atoms with E-state index < -0.39 is 0 Å². The van der Waals surface area contributed by atoms with Gasteiger partial charge in [-0.2, -0.15) is 0 Å². The number of rotatable bonds is 2. The van der Waals surface area contributed by atoms with Crippen LogP contribution >= 0.6 is 0 Å². The summed E-state index contributed by atoms with van der Waals surface area (Å²) in [4.78, 5) is 4.47. The van der Waals surface area contributed by atoms with Gasteiger partial charge in [-0.1, -0.05) is 50.2 Å². The van der Waals surface area contributed by atoms with Crippen molar-refractivity contribution in [2.45, 2.75) is 19.8 Å². The molecule has 108 valence electrons. The lowest BCUT2D eigenvalue weighted by molar-refractivity contribution is 0.658. The Morgan fingerprint density at radius 1 is 0.818 bits per heavy atom. The zero-order valence-corrected chi connectivity index (χ0v) is 12.7. The number of hydrogen-bond donors (Lipinski definition) is 0. The van der Waals surface area contributed by atoms with Crippen molar-refractivity contribution in [3.63, 3.8) is 0 Å². The third kappa shape index (κ3) is 1.92. The minimum atomic E-state index is 0.433. The van der Waals surface area contributed by atoms with Gasteiger partial charge in [0, 0.05) is 22.5 Å². The first-order valence-corrected chi connectivity index (χ1v) is 7.61. The van der Waals surface area contributed by atoms with Crippen molar-refractivity contribution in [2.75, 3.05) is 0 Å². The third-order valence-electron chi connectivity index (χ3n) is 4.12. The molecule has 22 heavy (non-hydrogen) atoms. The zero-order chi connectivity index (χ0) is 15.1. The SMILES string of the molecule is CC(C)c1cccc2c1oc1c(-c3ccccn3)cccc12. The van der Waals surface area contributed by atoms with Crippen LogP contribution in [0.3, 0.4) is 0 Å². The van der Waals surface area contributed by atoms with Gasteiger partial charge in [0.05, 0.1) is 5.69 Å². The van der Waals surface area contributed by atoms with Crippen LogP contribution in [0.5, 0.6) is 0 Å². The standard InChI is InChI=1S/C20H17NO/c1-13(2)14-7-5-8-15-16-9-6-10-17(20(16)22-19(14)15)18-11-3-4-12-21-18/h3-13H,1-2H3. The van der Waals surface area contributed by atoms with Gasteiger partial charge in [0.1, 0.15) is 11.2 Å². The van der Waals surface area contributed by atoms with E-state index in [2.05, 4.69) is 55.2 Å². The van der Waals surface area contributed by atoms with Crippen LogP contribution in [0.25, 0.3) is 33.2 Å². The summed E-state index contributed by atoms with van der Waals surface area (Å²) >= 11 is 0.